The molecule has 0 aliphatic rings. The minimum Gasteiger partial charge on any atom is -0.388 e. The molecular formula is C3H5Cl3N2. The van der Waals surface area contributed by atoms with Crippen molar-refractivity contribution in [1.82, 2.24) is 0 Å². The molecule has 0 fully saturated rings. The highest BCUT2D eigenvalue weighted by molar-refractivity contribution is 6.68. The summed E-state index contributed by atoms with van der Waals surface area (Å²) < 4.78 is -1.41. The molecule has 3 N–H and O–H groups in total. The van der Waals surface area contributed by atoms with Crippen LogP contribution in [0.2, 0.25) is 0 Å². The second-order valence-corrected chi connectivity index (χ2v) is 3.83. The first-order valence-electron chi connectivity index (χ1n) is 1.81. The highest BCUT2D eigenvalue weighted by atomic mass is 35.6. The van der Waals surface area contributed by atoms with Gasteiger partial charge in [-0.15, -0.1) is 0 Å². The summed E-state index contributed by atoms with van der Waals surface area (Å²) in [6, 6.07) is 0. The van der Waals surface area contributed by atoms with Crippen LogP contribution in [0.5, 0.6) is 0 Å². The van der Waals surface area contributed by atoms with Gasteiger partial charge in [0.25, 0.3) is 0 Å². The van der Waals surface area contributed by atoms with Crippen molar-refractivity contribution in [3.8, 4) is 0 Å². The van der Waals surface area contributed by atoms with Crippen LogP contribution < -0.4 is 5.73 Å². The Morgan fingerprint density at radius 1 is 1.50 bits per heavy atom. The van der Waals surface area contributed by atoms with Crippen molar-refractivity contribution in [1.29, 1.82) is 5.41 Å². The van der Waals surface area contributed by atoms with E-state index in [-0.39, 0.29) is 12.3 Å². The maximum atomic E-state index is 6.67. The highest BCUT2D eigenvalue weighted by Gasteiger charge is 2.20. The predicted molar refractivity (Wildman–Crippen MR) is 36.8 cm³/mol. The molecule has 5 heteroatoms. The Balaban J connectivity index is 3.55. The monoisotopic (exact) mass is 174 g/mol. The lowest BCUT2D eigenvalue weighted by atomic mass is 10.4. The van der Waals surface area contributed by atoms with Gasteiger partial charge < -0.3 is 5.73 Å². The Hall–Kier alpha value is 0.340. The Morgan fingerprint density at radius 3 is 1.88 bits per heavy atom. The molecule has 0 aliphatic carbocycles. The lowest BCUT2D eigenvalue weighted by Gasteiger charge is -2.06. The SMILES string of the molecule is N=C(N)CC(Cl)(Cl)Cl. The second kappa shape index (κ2) is 2.76. The van der Waals surface area contributed by atoms with Gasteiger partial charge in [-0.05, 0) is 0 Å². The van der Waals surface area contributed by atoms with E-state index in [1.807, 2.05) is 0 Å². The molecule has 0 atom stereocenters. The van der Waals surface area contributed by atoms with Crippen molar-refractivity contribution in [3.05, 3.63) is 0 Å². The molecule has 0 radical (unpaired) electrons. The van der Waals surface area contributed by atoms with E-state index in [1.54, 1.807) is 0 Å². The van der Waals surface area contributed by atoms with Gasteiger partial charge in [-0.1, -0.05) is 34.8 Å². The molecule has 0 heterocycles. The number of hydrogen-bond donors (Lipinski definition) is 2. The summed E-state index contributed by atoms with van der Waals surface area (Å²) >= 11 is 15.7. The average Bonchev–Trinajstić information content (AvgIpc) is 1.21. The maximum absolute atomic E-state index is 6.67. The van der Waals surface area contributed by atoms with Crippen LogP contribution in [0, 0.1) is 5.41 Å². The molecule has 0 aromatic rings. The van der Waals surface area contributed by atoms with Crippen LogP contribution in [-0.2, 0) is 0 Å². The van der Waals surface area contributed by atoms with Gasteiger partial charge in [0.2, 0.25) is 0 Å². The third kappa shape index (κ3) is 6.34. The van der Waals surface area contributed by atoms with Crippen molar-refractivity contribution >= 4 is 40.6 Å². The van der Waals surface area contributed by atoms with Crippen molar-refractivity contribution in [2.75, 3.05) is 0 Å². The van der Waals surface area contributed by atoms with Crippen LogP contribution in [0.15, 0.2) is 0 Å². The first-order valence-corrected chi connectivity index (χ1v) is 2.95. The minimum absolute atomic E-state index is 0.0162. The Labute approximate surface area is 62.4 Å². The molecule has 0 aromatic heterocycles. The normalized spacial score (nSPS) is 11.4. The van der Waals surface area contributed by atoms with Crippen LogP contribution in [-0.4, -0.2) is 9.63 Å². The molecule has 2 nitrogen and oxygen atoms in total. The largest absolute Gasteiger partial charge is 0.388 e. The maximum Gasteiger partial charge on any atom is 0.197 e. The van der Waals surface area contributed by atoms with Crippen molar-refractivity contribution in [2.45, 2.75) is 10.2 Å². The van der Waals surface area contributed by atoms with Crippen molar-refractivity contribution in [3.63, 3.8) is 0 Å². The van der Waals surface area contributed by atoms with Crippen LogP contribution in [0.1, 0.15) is 6.42 Å². The summed E-state index contributed by atoms with van der Waals surface area (Å²) in [6.07, 6.45) is -0.0162. The molecule has 0 saturated carbocycles. The van der Waals surface area contributed by atoms with Crippen molar-refractivity contribution in [2.24, 2.45) is 5.73 Å². The topological polar surface area (TPSA) is 49.9 Å². The standard InChI is InChI=1S/C3H5Cl3N2/c4-3(5,6)1-2(7)8/h1H2,(H3,7,8). The van der Waals surface area contributed by atoms with Gasteiger partial charge in [0.1, 0.15) is 0 Å². The summed E-state index contributed by atoms with van der Waals surface area (Å²) in [6.45, 7) is 0. The first kappa shape index (κ1) is 8.34. The molecule has 8 heavy (non-hydrogen) atoms. The van der Waals surface area contributed by atoms with E-state index in [2.05, 4.69) is 0 Å². The molecule has 0 spiro atoms. The van der Waals surface area contributed by atoms with Crippen LogP contribution in [0.3, 0.4) is 0 Å². The zero-order valence-corrected chi connectivity index (χ0v) is 6.19. The number of halogens is 3. The molecule has 0 amide bonds. The van der Waals surface area contributed by atoms with Gasteiger partial charge in [-0.3, -0.25) is 5.41 Å². The van der Waals surface area contributed by atoms with E-state index in [4.69, 9.17) is 45.9 Å². The Morgan fingerprint density at radius 2 is 1.88 bits per heavy atom. The fourth-order valence-electron chi connectivity index (χ4n) is 0.216. The molecule has 0 saturated heterocycles. The molecule has 0 rings (SSSR count). The second-order valence-electron chi connectivity index (χ2n) is 1.32. The van der Waals surface area contributed by atoms with Gasteiger partial charge in [0, 0.05) is 0 Å². The van der Waals surface area contributed by atoms with Gasteiger partial charge in [0.15, 0.2) is 3.79 Å². The van der Waals surface area contributed by atoms with E-state index < -0.39 is 3.79 Å². The lowest BCUT2D eigenvalue weighted by molar-refractivity contribution is 1.09. The lowest BCUT2D eigenvalue weighted by Crippen LogP contribution is -2.17. The van der Waals surface area contributed by atoms with Gasteiger partial charge in [-0.2, -0.15) is 0 Å². The minimum atomic E-state index is -1.41. The number of nitrogens with one attached hydrogen (secondary N) is 1. The number of hydrogen-bond acceptors (Lipinski definition) is 1. The quantitative estimate of drug-likeness (QED) is 0.356. The average molecular weight is 175 g/mol. The Kier molecular flexibility index (Phi) is 2.88. The number of rotatable bonds is 1. The van der Waals surface area contributed by atoms with E-state index in [9.17, 15) is 0 Å². The smallest absolute Gasteiger partial charge is 0.197 e. The molecule has 0 aromatic carbocycles. The van der Waals surface area contributed by atoms with Crippen LogP contribution in [0.4, 0.5) is 0 Å². The zero-order valence-electron chi connectivity index (χ0n) is 3.92. The van der Waals surface area contributed by atoms with E-state index in [0.29, 0.717) is 0 Å². The van der Waals surface area contributed by atoms with Gasteiger partial charge in [-0.25, -0.2) is 0 Å². The molecule has 0 unspecified atom stereocenters. The predicted octanol–water partition coefficient (Wildman–Crippen LogP) is 1.68. The summed E-state index contributed by atoms with van der Waals surface area (Å²) in [5.41, 5.74) is 4.91. The molecule has 0 aliphatic heterocycles. The molecule has 0 bridgehead atoms. The van der Waals surface area contributed by atoms with Gasteiger partial charge in [0.05, 0.1) is 12.3 Å². The summed E-state index contributed by atoms with van der Waals surface area (Å²) in [5.74, 6) is -0.120. The highest BCUT2D eigenvalue weighted by Crippen LogP contribution is 2.29. The van der Waals surface area contributed by atoms with E-state index in [0.717, 1.165) is 0 Å². The number of nitrogens with two attached hydrogens (primary N) is 1. The zero-order chi connectivity index (χ0) is 6.78. The molecule has 48 valence electrons. The van der Waals surface area contributed by atoms with E-state index >= 15 is 0 Å². The Bertz CT molecular complexity index is 95.2. The van der Waals surface area contributed by atoms with E-state index in [1.165, 1.54) is 0 Å². The number of amidine groups is 1. The fraction of sp³-hybridized carbons (Fsp3) is 0.667. The van der Waals surface area contributed by atoms with Crippen LogP contribution >= 0.6 is 34.8 Å². The molecular weight excluding hydrogens is 170 g/mol. The summed E-state index contributed by atoms with van der Waals surface area (Å²) in [4.78, 5) is 0. The fourth-order valence-corrected chi connectivity index (χ4v) is 0.648. The first-order chi connectivity index (χ1) is 3.42. The summed E-state index contributed by atoms with van der Waals surface area (Å²) in [5, 5.41) is 6.67. The van der Waals surface area contributed by atoms with Gasteiger partial charge >= 0.3 is 0 Å². The number of alkyl halides is 3. The van der Waals surface area contributed by atoms with Crippen molar-refractivity contribution < 1.29 is 0 Å². The van der Waals surface area contributed by atoms with Crippen LogP contribution in [0.25, 0.3) is 0 Å². The third-order valence-corrected chi connectivity index (χ3v) is 0.792. The third-order valence-electron chi connectivity index (χ3n) is 0.391. The summed E-state index contributed by atoms with van der Waals surface area (Å²) in [7, 11) is 0.